The van der Waals surface area contributed by atoms with Crippen molar-refractivity contribution in [1.29, 1.82) is 0 Å². The Bertz CT molecular complexity index is 454. The SMILES string of the molecule is COCC(C)(CCO)NC(=O)Nc1ccc(C)c(C)c1. The molecule has 0 spiro atoms. The van der Waals surface area contributed by atoms with Crippen LogP contribution in [0.25, 0.3) is 0 Å². The Morgan fingerprint density at radius 1 is 1.35 bits per heavy atom. The summed E-state index contributed by atoms with van der Waals surface area (Å²) in [5.74, 6) is 0. The van der Waals surface area contributed by atoms with Gasteiger partial charge < -0.3 is 20.5 Å². The molecule has 0 saturated carbocycles. The van der Waals surface area contributed by atoms with Crippen LogP contribution in [0.5, 0.6) is 0 Å². The van der Waals surface area contributed by atoms with Gasteiger partial charge in [-0.15, -0.1) is 0 Å². The van der Waals surface area contributed by atoms with E-state index in [2.05, 4.69) is 10.6 Å². The van der Waals surface area contributed by atoms with Crippen LogP contribution in [-0.4, -0.2) is 37.0 Å². The van der Waals surface area contributed by atoms with Crippen molar-refractivity contribution in [2.24, 2.45) is 0 Å². The van der Waals surface area contributed by atoms with Gasteiger partial charge in [0.1, 0.15) is 0 Å². The summed E-state index contributed by atoms with van der Waals surface area (Å²) >= 11 is 0. The second kappa shape index (κ2) is 7.26. The minimum Gasteiger partial charge on any atom is -0.396 e. The number of anilines is 1. The van der Waals surface area contributed by atoms with E-state index < -0.39 is 5.54 Å². The maximum atomic E-state index is 12.0. The zero-order chi connectivity index (χ0) is 15.2. The van der Waals surface area contributed by atoms with E-state index in [9.17, 15) is 4.79 Å². The molecule has 0 aliphatic carbocycles. The number of aryl methyl sites for hydroxylation is 2. The topological polar surface area (TPSA) is 70.6 Å². The van der Waals surface area contributed by atoms with Crippen molar-refractivity contribution >= 4 is 11.7 Å². The lowest BCUT2D eigenvalue weighted by Crippen LogP contribution is -2.51. The van der Waals surface area contributed by atoms with Crippen LogP contribution >= 0.6 is 0 Å². The van der Waals surface area contributed by atoms with Gasteiger partial charge in [-0.05, 0) is 50.5 Å². The molecule has 0 radical (unpaired) electrons. The number of methoxy groups -OCH3 is 1. The second-order valence-electron chi connectivity index (χ2n) is 5.35. The third kappa shape index (κ3) is 4.83. The molecule has 0 aromatic heterocycles. The van der Waals surface area contributed by atoms with E-state index >= 15 is 0 Å². The number of nitrogens with one attached hydrogen (secondary N) is 2. The molecule has 0 aliphatic rings. The lowest BCUT2D eigenvalue weighted by Gasteiger charge is -2.29. The number of urea groups is 1. The van der Waals surface area contributed by atoms with Crippen molar-refractivity contribution in [2.45, 2.75) is 32.7 Å². The Kier molecular flexibility index (Phi) is 5.98. The summed E-state index contributed by atoms with van der Waals surface area (Å²) in [6, 6.07) is 5.45. The lowest BCUT2D eigenvalue weighted by molar-refractivity contribution is 0.104. The van der Waals surface area contributed by atoms with Crippen molar-refractivity contribution in [1.82, 2.24) is 5.32 Å². The number of benzene rings is 1. The van der Waals surface area contributed by atoms with Crippen LogP contribution in [0.4, 0.5) is 10.5 Å². The molecule has 20 heavy (non-hydrogen) atoms. The monoisotopic (exact) mass is 280 g/mol. The van der Waals surface area contributed by atoms with Gasteiger partial charge in [0, 0.05) is 19.4 Å². The van der Waals surface area contributed by atoms with Gasteiger partial charge in [0.2, 0.25) is 0 Å². The van der Waals surface area contributed by atoms with Gasteiger partial charge in [-0.1, -0.05) is 6.07 Å². The van der Waals surface area contributed by atoms with Gasteiger partial charge in [0.05, 0.1) is 12.1 Å². The van der Waals surface area contributed by atoms with E-state index in [4.69, 9.17) is 9.84 Å². The molecular weight excluding hydrogens is 256 g/mol. The van der Waals surface area contributed by atoms with Gasteiger partial charge in [-0.3, -0.25) is 0 Å². The van der Waals surface area contributed by atoms with Crippen LogP contribution in [0.1, 0.15) is 24.5 Å². The summed E-state index contributed by atoms with van der Waals surface area (Å²) in [7, 11) is 1.57. The zero-order valence-corrected chi connectivity index (χ0v) is 12.6. The van der Waals surface area contributed by atoms with E-state index in [-0.39, 0.29) is 12.6 Å². The van der Waals surface area contributed by atoms with Gasteiger partial charge in [0.15, 0.2) is 0 Å². The fraction of sp³-hybridized carbons (Fsp3) is 0.533. The fourth-order valence-corrected chi connectivity index (χ4v) is 1.99. The molecule has 1 atom stereocenters. The third-order valence-electron chi connectivity index (χ3n) is 3.31. The predicted molar refractivity (Wildman–Crippen MR) is 80.1 cm³/mol. The molecule has 0 bridgehead atoms. The van der Waals surface area contributed by atoms with Gasteiger partial charge >= 0.3 is 6.03 Å². The largest absolute Gasteiger partial charge is 0.396 e. The Morgan fingerprint density at radius 3 is 2.60 bits per heavy atom. The molecule has 1 rings (SSSR count). The summed E-state index contributed by atoms with van der Waals surface area (Å²) < 4.78 is 5.09. The van der Waals surface area contributed by atoms with Gasteiger partial charge in [-0.2, -0.15) is 0 Å². The Morgan fingerprint density at radius 2 is 2.05 bits per heavy atom. The number of carbonyl (C=O) groups is 1. The average Bonchev–Trinajstić information content (AvgIpc) is 2.34. The molecule has 0 aliphatic heterocycles. The van der Waals surface area contributed by atoms with E-state index in [1.165, 1.54) is 5.56 Å². The van der Waals surface area contributed by atoms with Crippen molar-refractivity contribution in [3.05, 3.63) is 29.3 Å². The number of ether oxygens (including phenoxy) is 1. The smallest absolute Gasteiger partial charge is 0.319 e. The first-order valence-electron chi connectivity index (χ1n) is 6.66. The van der Waals surface area contributed by atoms with Crippen LogP contribution in [0.2, 0.25) is 0 Å². The molecule has 5 heteroatoms. The molecule has 5 nitrogen and oxygen atoms in total. The summed E-state index contributed by atoms with van der Waals surface area (Å²) in [5.41, 5.74) is 2.46. The summed E-state index contributed by atoms with van der Waals surface area (Å²) in [6.45, 7) is 6.19. The first kappa shape index (κ1) is 16.5. The molecular formula is C15H24N2O3. The lowest BCUT2D eigenvalue weighted by atomic mass is 10.00. The highest BCUT2D eigenvalue weighted by molar-refractivity contribution is 5.89. The summed E-state index contributed by atoms with van der Waals surface area (Å²) in [6.07, 6.45) is 0.432. The van der Waals surface area contributed by atoms with Gasteiger partial charge in [-0.25, -0.2) is 4.79 Å². The van der Waals surface area contributed by atoms with Crippen molar-refractivity contribution in [2.75, 3.05) is 25.6 Å². The predicted octanol–water partition coefficient (Wildman–Crippen LogP) is 2.21. The Balaban J connectivity index is 2.67. The first-order chi connectivity index (χ1) is 9.40. The fourth-order valence-electron chi connectivity index (χ4n) is 1.99. The second-order valence-corrected chi connectivity index (χ2v) is 5.35. The molecule has 1 aromatic rings. The highest BCUT2D eigenvalue weighted by Gasteiger charge is 2.25. The Labute approximate surface area is 120 Å². The molecule has 0 fully saturated rings. The van der Waals surface area contributed by atoms with Crippen LogP contribution in [0, 0.1) is 13.8 Å². The normalized spacial score (nSPS) is 13.7. The number of hydrogen-bond acceptors (Lipinski definition) is 3. The van der Waals surface area contributed by atoms with Crippen LogP contribution < -0.4 is 10.6 Å². The van der Waals surface area contributed by atoms with Crippen molar-refractivity contribution in [3.63, 3.8) is 0 Å². The highest BCUT2D eigenvalue weighted by atomic mass is 16.5. The maximum absolute atomic E-state index is 12.0. The average molecular weight is 280 g/mol. The maximum Gasteiger partial charge on any atom is 0.319 e. The number of carbonyl (C=O) groups excluding carboxylic acids is 1. The molecule has 112 valence electrons. The molecule has 0 heterocycles. The number of aliphatic hydroxyl groups is 1. The summed E-state index contributed by atoms with van der Waals surface area (Å²) in [5, 5.41) is 14.7. The highest BCUT2D eigenvalue weighted by Crippen LogP contribution is 2.15. The molecule has 1 unspecified atom stereocenters. The van der Waals surface area contributed by atoms with E-state index in [0.29, 0.717) is 13.0 Å². The Hall–Kier alpha value is -1.59. The minimum absolute atomic E-state index is 0.0101. The van der Waals surface area contributed by atoms with Crippen LogP contribution in [0.3, 0.4) is 0 Å². The van der Waals surface area contributed by atoms with E-state index in [1.54, 1.807) is 7.11 Å². The quantitative estimate of drug-likeness (QED) is 0.748. The number of rotatable bonds is 6. The van der Waals surface area contributed by atoms with E-state index in [0.717, 1.165) is 11.3 Å². The molecule has 0 saturated heterocycles. The van der Waals surface area contributed by atoms with Crippen molar-refractivity contribution in [3.8, 4) is 0 Å². The first-order valence-corrected chi connectivity index (χ1v) is 6.66. The molecule has 2 amide bonds. The zero-order valence-electron chi connectivity index (χ0n) is 12.6. The van der Waals surface area contributed by atoms with Crippen LogP contribution in [0.15, 0.2) is 18.2 Å². The van der Waals surface area contributed by atoms with Crippen molar-refractivity contribution < 1.29 is 14.6 Å². The standard InChI is InChI=1S/C15H24N2O3/c1-11-5-6-13(9-12(11)2)16-14(19)17-15(3,7-8-18)10-20-4/h5-6,9,18H,7-8,10H2,1-4H3,(H2,16,17,19). The molecule has 3 N–H and O–H groups in total. The van der Waals surface area contributed by atoms with Gasteiger partial charge in [0.25, 0.3) is 0 Å². The third-order valence-corrected chi connectivity index (χ3v) is 3.31. The van der Waals surface area contributed by atoms with Crippen LogP contribution in [-0.2, 0) is 4.74 Å². The molecule has 1 aromatic carbocycles. The number of hydrogen-bond donors (Lipinski definition) is 3. The number of aliphatic hydroxyl groups excluding tert-OH is 1. The minimum atomic E-state index is -0.590. The van der Waals surface area contributed by atoms with E-state index in [1.807, 2.05) is 39.0 Å². The number of amides is 2. The summed E-state index contributed by atoms with van der Waals surface area (Å²) in [4.78, 5) is 12.0.